The Hall–Kier alpha value is -1.38. The maximum Gasteiger partial charge on any atom is 0.256 e. The van der Waals surface area contributed by atoms with E-state index >= 15 is 0 Å². The van der Waals surface area contributed by atoms with Crippen molar-refractivity contribution in [2.45, 2.75) is 13.0 Å². The Bertz CT molecular complexity index is 470. The summed E-state index contributed by atoms with van der Waals surface area (Å²) in [7, 11) is -1.95. The van der Waals surface area contributed by atoms with E-state index in [2.05, 4.69) is 67.6 Å². The summed E-state index contributed by atoms with van der Waals surface area (Å²) in [5, 5.41) is 2.81. The van der Waals surface area contributed by atoms with E-state index in [1.165, 1.54) is 16.4 Å². The smallest absolute Gasteiger partial charge is 0.256 e. The van der Waals surface area contributed by atoms with E-state index in [1.807, 2.05) is 0 Å². The molecular weight excluding hydrogens is 236 g/mol. The van der Waals surface area contributed by atoms with E-state index in [9.17, 15) is 0 Å². The Kier molecular flexibility index (Phi) is 3.06. The third kappa shape index (κ3) is 1.92. The van der Waals surface area contributed by atoms with Crippen molar-refractivity contribution in [1.82, 2.24) is 0 Å². The zero-order valence-electron chi connectivity index (χ0n) is 10.7. The van der Waals surface area contributed by atoms with Crippen LogP contribution >= 0.6 is 0 Å². The monoisotopic (exact) mass is 254 g/mol. The predicted octanol–water partition coefficient (Wildman–Crippen LogP) is 2.41. The molecule has 1 atom stereocenters. The lowest BCUT2D eigenvalue weighted by molar-refractivity contribution is 0.320. The third-order valence-corrected chi connectivity index (χ3v) is 8.19. The first kappa shape index (κ1) is 11.7. The second-order valence-corrected chi connectivity index (χ2v) is 8.69. The molecule has 3 rings (SSSR count). The highest BCUT2D eigenvalue weighted by molar-refractivity contribution is 6.97. The standard InChI is InChI=1S/C16H18OSi/c1-14-12-17-18(13-14,15-8-4-2-5-9-15)16-10-6-3-7-11-16/h2-11,14H,12-13H2,1H3/t14-/m0/s1. The van der Waals surface area contributed by atoms with Crippen LogP contribution in [0.1, 0.15) is 6.92 Å². The summed E-state index contributed by atoms with van der Waals surface area (Å²) < 4.78 is 6.36. The number of hydrogen-bond acceptors (Lipinski definition) is 1. The van der Waals surface area contributed by atoms with Gasteiger partial charge in [-0.2, -0.15) is 0 Å². The molecule has 92 valence electrons. The average Bonchev–Trinajstić information content (AvgIpc) is 2.84. The van der Waals surface area contributed by atoms with Crippen LogP contribution in [-0.4, -0.2) is 14.9 Å². The Balaban J connectivity index is 2.11. The highest BCUT2D eigenvalue weighted by Gasteiger charge is 2.45. The van der Waals surface area contributed by atoms with Crippen molar-refractivity contribution in [2.24, 2.45) is 5.92 Å². The lowest BCUT2D eigenvalue weighted by atomic mass is 10.2. The Morgan fingerprint density at radius 1 is 0.889 bits per heavy atom. The van der Waals surface area contributed by atoms with Crippen molar-refractivity contribution in [3.05, 3.63) is 60.7 Å². The van der Waals surface area contributed by atoms with Gasteiger partial charge in [-0.25, -0.2) is 0 Å². The number of benzene rings is 2. The van der Waals surface area contributed by atoms with Crippen molar-refractivity contribution in [3.8, 4) is 0 Å². The van der Waals surface area contributed by atoms with E-state index in [0.717, 1.165) is 6.61 Å². The molecule has 2 aromatic rings. The molecule has 0 spiro atoms. The molecule has 2 aromatic carbocycles. The minimum absolute atomic E-state index is 0.664. The minimum Gasteiger partial charge on any atom is -0.408 e. The van der Waals surface area contributed by atoms with E-state index in [1.54, 1.807) is 0 Å². The zero-order valence-corrected chi connectivity index (χ0v) is 11.7. The summed E-state index contributed by atoms with van der Waals surface area (Å²) >= 11 is 0. The van der Waals surface area contributed by atoms with Gasteiger partial charge in [-0.1, -0.05) is 67.6 Å². The molecule has 0 saturated carbocycles. The summed E-state index contributed by atoms with van der Waals surface area (Å²) in [5.41, 5.74) is 0. The van der Waals surface area contributed by atoms with Gasteiger partial charge >= 0.3 is 0 Å². The molecule has 18 heavy (non-hydrogen) atoms. The van der Waals surface area contributed by atoms with E-state index in [0.29, 0.717) is 5.92 Å². The molecule has 1 fully saturated rings. The highest BCUT2D eigenvalue weighted by atomic mass is 28.4. The summed E-state index contributed by atoms with van der Waals surface area (Å²) in [5.74, 6) is 0.664. The quantitative estimate of drug-likeness (QED) is 0.748. The molecule has 1 aliphatic heterocycles. The minimum atomic E-state index is -1.95. The van der Waals surface area contributed by atoms with Crippen LogP contribution in [-0.2, 0) is 4.43 Å². The molecule has 0 unspecified atom stereocenters. The van der Waals surface area contributed by atoms with Crippen LogP contribution in [0.3, 0.4) is 0 Å². The first-order valence-corrected chi connectivity index (χ1v) is 8.68. The molecule has 0 bridgehead atoms. The molecule has 0 N–H and O–H groups in total. The SMILES string of the molecule is C[C@H]1CO[Si](c2ccccc2)(c2ccccc2)C1. The van der Waals surface area contributed by atoms with Crippen LogP contribution in [0.4, 0.5) is 0 Å². The molecule has 0 amide bonds. The first-order chi connectivity index (χ1) is 8.81. The third-order valence-electron chi connectivity index (χ3n) is 3.73. The van der Waals surface area contributed by atoms with Gasteiger partial charge in [0.05, 0.1) is 0 Å². The zero-order chi connectivity index (χ0) is 12.4. The van der Waals surface area contributed by atoms with Gasteiger partial charge in [-0.15, -0.1) is 0 Å². The maximum atomic E-state index is 6.36. The summed E-state index contributed by atoms with van der Waals surface area (Å²) in [4.78, 5) is 0. The van der Waals surface area contributed by atoms with Crippen LogP contribution < -0.4 is 10.4 Å². The van der Waals surface area contributed by atoms with Gasteiger partial charge in [-0.3, -0.25) is 0 Å². The lowest BCUT2D eigenvalue weighted by Crippen LogP contribution is -2.58. The second kappa shape index (κ2) is 4.71. The van der Waals surface area contributed by atoms with Crippen molar-refractivity contribution in [3.63, 3.8) is 0 Å². The summed E-state index contributed by atoms with van der Waals surface area (Å²) in [6.07, 6.45) is 0. The molecule has 1 aliphatic rings. The molecule has 1 heterocycles. The van der Waals surface area contributed by atoms with Crippen LogP contribution in [0.5, 0.6) is 0 Å². The maximum absolute atomic E-state index is 6.36. The van der Waals surface area contributed by atoms with Crippen molar-refractivity contribution < 1.29 is 4.43 Å². The van der Waals surface area contributed by atoms with Gasteiger partial charge in [0.1, 0.15) is 0 Å². The number of rotatable bonds is 2. The molecule has 1 nitrogen and oxygen atoms in total. The van der Waals surface area contributed by atoms with Crippen LogP contribution in [0.15, 0.2) is 60.7 Å². The Morgan fingerprint density at radius 2 is 1.39 bits per heavy atom. The van der Waals surface area contributed by atoms with Gasteiger partial charge in [0, 0.05) is 6.61 Å². The van der Waals surface area contributed by atoms with Gasteiger partial charge in [0.15, 0.2) is 0 Å². The normalized spacial score (nSPS) is 21.9. The highest BCUT2D eigenvalue weighted by Crippen LogP contribution is 2.26. The van der Waals surface area contributed by atoms with Crippen LogP contribution in [0, 0.1) is 5.92 Å². The van der Waals surface area contributed by atoms with E-state index in [-0.39, 0.29) is 0 Å². The fourth-order valence-electron chi connectivity index (χ4n) is 2.88. The molecule has 0 aromatic heterocycles. The van der Waals surface area contributed by atoms with Crippen molar-refractivity contribution >= 4 is 18.7 Å². The largest absolute Gasteiger partial charge is 0.408 e. The van der Waals surface area contributed by atoms with Crippen LogP contribution in [0.25, 0.3) is 0 Å². The molecule has 0 radical (unpaired) electrons. The summed E-state index contributed by atoms with van der Waals surface area (Å²) in [6.45, 7) is 3.19. The van der Waals surface area contributed by atoms with E-state index in [4.69, 9.17) is 4.43 Å². The van der Waals surface area contributed by atoms with Crippen molar-refractivity contribution in [1.29, 1.82) is 0 Å². The lowest BCUT2D eigenvalue weighted by Gasteiger charge is -2.26. The molecule has 2 heteroatoms. The fraction of sp³-hybridized carbons (Fsp3) is 0.250. The fourth-order valence-corrected chi connectivity index (χ4v) is 7.26. The summed E-state index contributed by atoms with van der Waals surface area (Å²) in [6, 6.07) is 22.8. The van der Waals surface area contributed by atoms with Gasteiger partial charge < -0.3 is 4.43 Å². The van der Waals surface area contributed by atoms with Crippen molar-refractivity contribution in [2.75, 3.05) is 6.61 Å². The van der Waals surface area contributed by atoms with Crippen LogP contribution in [0.2, 0.25) is 6.04 Å². The predicted molar refractivity (Wildman–Crippen MR) is 77.8 cm³/mol. The number of hydrogen-bond donors (Lipinski definition) is 0. The Labute approximate surface area is 110 Å². The van der Waals surface area contributed by atoms with E-state index < -0.39 is 8.32 Å². The average molecular weight is 254 g/mol. The molecule has 1 saturated heterocycles. The topological polar surface area (TPSA) is 9.23 Å². The van der Waals surface area contributed by atoms with Gasteiger partial charge in [0.2, 0.25) is 0 Å². The Morgan fingerprint density at radius 3 is 1.78 bits per heavy atom. The van der Waals surface area contributed by atoms with Gasteiger partial charge in [-0.05, 0) is 22.3 Å². The molecule has 0 aliphatic carbocycles. The molecular formula is C16H18OSi. The van der Waals surface area contributed by atoms with Gasteiger partial charge in [0.25, 0.3) is 8.32 Å². The second-order valence-electron chi connectivity index (χ2n) is 5.18. The first-order valence-electron chi connectivity index (χ1n) is 6.56.